The van der Waals surface area contributed by atoms with E-state index in [0.29, 0.717) is 25.0 Å². The zero-order valence-corrected chi connectivity index (χ0v) is 28.8. The number of hydrogen-bond donors (Lipinski definition) is 1. The molecule has 1 aromatic carbocycles. The van der Waals surface area contributed by atoms with Gasteiger partial charge >= 0.3 is 5.97 Å². The molecule has 1 aromatic rings. The van der Waals surface area contributed by atoms with Crippen molar-refractivity contribution in [3.8, 4) is 0 Å². The minimum absolute atomic E-state index is 0.00899. The molecule has 1 N–H and O–H groups in total. The van der Waals surface area contributed by atoms with Gasteiger partial charge in [-0.05, 0) is 70.0 Å². The van der Waals surface area contributed by atoms with Gasteiger partial charge in [0.25, 0.3) is 0 Å². The first-order valence-electron chi connectivity index (χ1n) is 16.9. The third-order valence-corrected chi connectivity index (χ3v) is 9.31. The number of hydrogen-bond acceptors (Lipinski definition) is 6. The molecule has 45 heavy (non-hydrogen) atoms. The molecule has 9 heteroatoms. The Morgan fingerprint density at radius 1 is 0.978 bits per heavy atom. The van der Waals surface area contributed by atoms with Crippen LogP contribution in [-0.4, -0.2) is 89.7 Å². The molecule has 5 atom stereocenters. The molecular formula is C36H56N4O5. The van der Waals surface area contributed by atoms with Crippen molar-refractivity contribution in [2.24, 2.45) is 11.8 Å². The summed E-state index contributed by atoms with van der Waals surface area (Å²) in [6.07, 6.45) is 7.20. The van der Waals surface area contributed by atoms with E-state index in [1.165, 1.54) is 0 Å². The van der Waals surface area contributed by atoms with Crippen LogP contribution in [0.5, 0.6) is 0 Å². The number of esters is 1. The van der Waals surface area contributed by atoms with Crippen LogP contribution in [0.3, 0.4) is 0 Å². The first-order valence-corrected chi connectivity index (χ1v) is 16.9. The number of benzene rings is 1. The highest BCUT2D eigenvalue weighted by Crippen LogP contribution is 2.28. The van der Waals surface area contributed by atoms with Crippen LogP contribution in [0.4, 0.5) is 0 Å². The van der Waals surface area contributed by atoms with Crippen LogP contribution in [0.2, 0.25) is 0 Å². The quantitative estimate of drug-likeness (QED) is 0.242. The fraction of sp³-hybridized carbons (Fsp3) is 0.667. The Balaban J connectivity index is 1.73. The lowest BCUT2D eigenvalue weighted by Crippen LogP contribution is -2.57. The molecule has 2 aliphatic heterocycles. The minimum Gasteiger partial charge on any atom is -0.456 e. The number of nitrogens with one attached hydrogen (secondary N) is 1. The lowest BCUT2D eigenvalue weighted by atomic mass is 9.96. The van der Waals surface area contributed by atoms with Crippen molar-refractivity contribution in [1.29, 1.82) is 0 Å². The smallest absolute Gasteiger partial charge is 0.329 e. The van der Waals surface area contributed by atoms with Crippen molar-refractivity contribution in [1.82, 2.24) is 20.0 Å². The zero-order chi connectivity index (χ0) is 33.3. The Hall–Kier alpha value is -3.20. The monoisotopic (exact) mass is 624 g/mol. The molecule has 9 nitrogen and oxygen atoms in total. The van der Waals surface area contributed by atoms with Gasteiger partial charge in [0.15, 0.2) is 0 Å². The average Bonchev–Trinajstić information content (AvgIpc) is 3.51. The first kappa shape index (κ1) is 36.3. The van der Waals surface area contributed by atoms with Crippen molar-refractivity contribution in [2.45, 2.75) is 117 Å². The molecule has 0 radical (unpaired) electrons. The SMILES string of the molecule is CCC[C@@H](OC(=O)[C@@H]1CCCN1C(=O)C(C)=CC(C(C)C)N(C)C(=O)[C@@H](NC(=O)[C@H]1CCCCN1C)C(C)C)c1ccccc1. The highest BCUT2D eigenvalue weighted by Gasteiger charge is 2.38. The third-order valence-electron chi connectivity index (χ3n) is 9.31. The second kappa shape index (κ2) is 16.9. The molecule has 250 valence electrons. The van der Waals surface area contributed by atoms with Gasteiger partial charge in [0, 0.05) is 19.2 Å². The molecule has 1 unspecified atom stereocenters. The van der Waals surface area contributed by atoms with Crippen molar-refractivity contribution in [3.63, 3.8) is 0 Å². The van der Waals surface area contributed by atoms with Gasteiger partial charge in [0.05, 0.1) is 12.1 Å². The molecule has 0 spiro atoms. The first-order chi connectivity index (χ1) is 21.4. The molecule has 2 saturated heterocycles. The largest absolute Gasteiger partial charge is 0.456 e. The van der Waals surface area contributed by atoms with Gasteiger partial charge in [-0.25, -0.2) is 4.79 Å². The zero-order valence-electron chi connectivity index (χ0n) is 28.8. The second-order valence-corrected chi connectivity index (χ2v) is 13.5. The molecule has 0 aromatic heterocycles. The Morgan fingerprint density at radius 2 is 1.64 bits per heavy atom. The molecule has 0 aliphatic carbocycles. The summed E-state index contributed by atoms with van der Waals surface area (Å²) in [6, 6.07) is 7.81. The van der Waals surface area contributed by atoms with Crippen LogP contribution in [-0.2, 0) is 23.9 Å². The van der Waals surface area contributed by atoms with E-state index in [1.807, 2.05) is 71.2 Å². The maximum absolute atomic E-state index is 13.9. The molecule has 3 rings (SSSR count). The average molecular weight is 625 g/mol. The maximum atomic E-state index is 13.9. The van der Waals surface area contributed by atoms with Gasteiger partial charge in [0.1, 0.15) is 18.2 Å². The second-order valence-electron chi connectivity index (χ2n) is 13.5. The van der Waals surface area contributed by atoms with E-state index in [2.05, 4.69) is 17.1 Å². The third kappa shape index (κ3) is 9.41. The van der Waals surface area contributed by atoms with E-state index in [4.69, 9.17) is 4.74 Å². The lowest BCUT2D eigenvalue weighted by molar-refractivity contribution is -0.158. The highest BCUT2D eigenvalue weighted by molar-refractivity contribution is 5.96. The van der Waals surface area contributed by atoms with E-state index in [1.54, 1.807) is 23.8 Å². The summed E-state index contributed by atoms with van der Waals surface area (Å²) in [4.78, 5) is 59.6. The number of amides is 3. The van der Waals surface area contributed by atoms with Crippen molar-refractivity contribution in [3.05, 3.63) is 47.5 Å². The molecule has 0 saturated carbocycles. The van der Waals surface area contributed by atoms with Gasteiger partial charge < -0.3 is 19.9 Å². The standard InChI is InChI=1S/C36H56N4O5/c1-9-16-31(27-17-11-10-12-18-27)45-36(44)29-20-15-22-40(29)34(42)26(6)23-30(24(2)3)39(8)35(43)32(25(4)5)37-33(41)28-19-13-14-21-38(28)7/h10-12,17-18,23-25,28-32H,9,13-16,19-22H2,1-8H3,(H,37,41)/t28-,29+,30?,31-,32+/m1/s1. The summed E-state index contributed by atoms with van der Waals surface area (Å²) in [5.74, 6) is -0.987. The fourth-order valence-corrected chi connectivity index (χ4v) is 6.54. The number of nitrogens with zero attached hydrogens (tertiary/aromatic N) is 3. The summed E-state index contributed by atoms with van der Waals surface area (Å²) in [7, 11) is 3.70. The van der Waals surface area contributed by atoms with Crippen molar-refractivity contribution < 1.29 is 23.9 Å². The van der Waals surface area contributed by atoms with Crippen LogP contribution in [0, 0.1) is 11.8 Å². The van der Waals surface area contributed by atoms with E-state index in [9.17, 15) is 19.2 Å². The summed E-state index contributed by atoms with van der Waals surface area (Å²) in [6.45, 7) is 13.0. The van der Waals surface area contributed by atoms with Crippen LogP contribution in [0.1, 0.15) is 98.2 Å². The Labute approximate surface area is 270 Å². The van der Waals surface area contributed by atoms with E-state index >= 15 is 0 Å². The van der Waals surface area contributed by atoms with E-state index in [-0.39, 0.29) is 53.7 Å². The van der Waals surface area contributed by atoms with Crippen LogP contribution in [0.25, 0.3) is 0 Å². The number of carbonyl (C=O) groups is 4. The molecule has 3 amide bonds. The van der Waals surface area contributed by atoms with Gasteiger partial charge in [-0.15, -0.1) is 0 Å². The maximum Gasteiger partial charge on any atom is 0.329 e. The normalized spacial score (nSPS) is 21.4. The number of rotatable bonds is 13. The molecule has 0 bridgehead atoms. The number of piperidine rings is 1. The van der Waals surface area contributed by atoms with Crippen molar-refractivity contribution >= 4 is 23.7 Å². The lowest BCUT2D eigenvalue weighted by Gasteiger charge is -2.36. The van der Waals surface area contributed by atoms with Crippen LogP contribution < -0.4 is 5.32 Å². The predicted octanol–water partition coefficient (Wildman–Crippen LogP) is 5.12. The van der Waals surface area contributed by atoms with Crippen LogP contribution in [0.15, 0.2) is 42.0 Å². The van der Waals surface area contributed by atoms with Gasteiger partial charge in [-0.2, -0.15) is 0 Å². The number of likely N-dealkylation sites (N-methyl/N-ethyl adjacent to an activating group) is 2. The Kier molecular flexibility index (Phi) is 13.6. The number of carbonyl (C=O) groups excluding carboxylic acids is 4. The van der Waals surface area contributed by atoms with E-state index < -0.39 is 12.1 Å². The van der Waals surface area contributed by atoms with E-state index in [0.717, 1.165) is 44.2 Å². The predicted molar refractivity (Wildman–Crippen MR) is 177 cm³/mol. The summed E-state index contributed by atoms with van der Waals surface area (Å²) >= 11 is 0. The van der Waals surface area contributed by atoms with Crippen molar-refractivity contribution in [2.75, 3.05) is 27.2 Å². The van der Waals surface area contributed by atoms with Gasteiger partial charge in [0.2, 0.25) is 17.7 Å². The van der Waals surface area contributed by atoms with Gasteiger partial charge in [-0.1, -0.05) is 83.9 Å². The fourth-order valence-electron chi connectivity index (χ4n) is 6.54. The highest BCUT2D eigenvalue weighted by atomic mass is 16.5. The Morgan fingerprint density at radius 3 is 2.24 bits per heavy atom. The molecular weight excluding hydrogens is 568 g/mol. The summed E-state index contributed by atoms with van der Waals surface area (Å²) < 4.78 is 6.00. The molecule has 2 fully saturated rings. The topological polar surface area (TPSA) is 99.3 Å². The number of ether oxygens (including phenoxy) is 1. The van der Waals surface area contributed by atoms with Crippen LogP contribution >= 0.6 is 0 Å². The Bertz CT molecular complexity index is 1180. The molecule has 2 aliphatic rings. The minimum atomic E-state index is -0.679. The van der Waals surface area contributed by atoms with Gasteiger partial charge in [-0.3, -0.25) is 19.3 Å². The summed E-state index contributed by atoms with van der Waals surface area (Å²) in [5, 5.41) is 3.05. The molecule has 2 heterocycles. The summed E-state index contributed by atoms with van der Waals surface area (Å²) in [5.41, 5.74) is 1.43. The number of likely N-dealkylation sites (tertiary alicyclic amines) is 2.